The first-order valence-electron chi connectivity index (χ1n) is 23.4. The van der Waals surface area contributed by atoms with Gasteiger partial charge in [-0.25, -0.2) is 14.4 Å². The van der Waals surface area contributed by atoms with Gasteiger partial charge in [0.15, 0.2) is 29.8 Å². The smallest absolute Gasteiger partial charge is 0.504 e. The van der Waals surface area contributed by atoms with Crippen LogP contribution in [-0.2, 0) is 61.4 Å². The SMILES string of the molecule is CC(C)[C@@H]([NH3+])C(=O)O[C@H](C)[C@@H]1C/C=C/CC[C@H](O)C(C)(C)[C@@H]2CC[C@@H](C)[C@@]3(O2)O[B-]24O[C@@H](C(=O)O1)[C@@]1(O[C@@H](CC[C@H]1C)C(C)(C)[C@H](O)CCC[C@@H]1C[C@H](OC(=O)[C@@H]3O2)[C@@H](C)O1)O4. The van der Waals surface area contributed by atoms with Gasteiger partial charge in [0.1, 0.15) is 18.3 Å². The van der Waals surface area contributed by atoms with E-state index in [9.17, 15) is 19.8 Å². The fraction of sp³-hybridized carbons (Fsp3) is 0.889. The third-order valence-electron chi connectivity index (χ3n) is 15.6. The highest BCUT2D eigenvalue weighted by Gasteiger charge is 2.73. The first-order valence-corrected chi connectivity index (χ1v) is 23.4. The Hall–Kier alpha value is -2.19. The van der Waals surface area contributed by atoms with Crippen molar-refractivity contribution in [2.24, 2.45) is 28.6 Å². The molecule has 0 aromatic carbocycles. The molecule has 6 saturated heterocycles. The summed E-state index contributed by atoms with van der Waals surface area (Å²) in [6.07, 6.45) is -0.138. The normalized spacial score (nSPS) is 46.3. The van der Waals surface area contributed by atoms with Gasteiger partial charge < -0.3 is 63.0 Å². The van der Waals surface area contributed by atoms with Crippen molar-refractivity contribution in [1.82, 2.24) is 0 Å². The van der Waals surface area contributed by atoms with E-state index in [1.165, 1.54) is 0 Å². The van der Waals surface area contributed by atoms with Gasteiger partial charge in [0.05, 0.1) is 36.6 Å². The predicted molar refractivity (Wildman–Crippen MR) is 222 cm³/mol. The van der Waals surface area contributed by atoms with Gasteiger partial charge in [-0.2, -0.15) is 0 Å². The molecule has 62 heavy (non-hydrogen) atoms. The molecule has 9 bridgehead atoms. The average molecular weight is 880 g/mol. The number of ether oxygens (including phenoxy) is 6. The van der Waals surface area contributed by atoms with E-state index in [0.29, 0.717) is 64.2 Å². The van der Waals surface area contributed by atoms with Crippen LogP contribution in [0.5, 0.6) is 0 Å². The first kappa shape index (κ1) is 47.8. The Labute approximate surface area is 366 Å². The molecule has 3 spiro atoms. The minimum atomic E-state index is -3.52. The van der Waals surface area contributed by atoms with E-state index in [1.807, 2.05) is 74.5 Å². The monoisotopic (exact) mass is 880 g/mol. The second kappa shape index (κ2) is 17.9. The van der Waals surface area contributed by atoms with E-state index in [1.54, 1.807) is 6.92 Å². The molecular formula is C45H74BNO15. The van der Waals surface area contributed by atoms with Crippen molar-refractivity contribution in [2.75, 3.05) is 0 Å². The number of hydrogen-bond acceptors (Lipinski definition) is 15. The molecule has 0 saturated carbocycles. The van der Waals surface area contributed by atoms with Gasteiger partial charge in [-0.1, -0.05) is 67.5 Å². The summed E-state index contributed by atoms with van der Waals surface area (Å²) in [6, 6.07) is -0.652. The lowest BCUT2D eigenvalue weighted by molar-refractivity contribution is -0.419. The van der Waals surface area contributed by atoms with Crippen molar-refractivity contribution in [3.8, 4) is 0 Å². The summed E-state index contributed by atoms with van der Waals surface area (Å²) in [4.78, 5) is 43.0. The molecule has 5 N–H and O–H groups in total. The van der Waals surface area contributed by atoms with Crippen LogP contribution in [0.2, 0.25) is 0 Å². The van der Waals surface area contributed by atoms with Crippen LogP contribution >= 0.6 is 0 Å². The molecule has 0 aliphatic carbocycles. The second-order valence-electron chi connectivity index (χ2n) is 21.0. The van der Waals surface area contributed by atoms with Crippen molar-refractivity contribution in [3.63, 3.8) is 0 Å². The minimum Gasteiger partial charge on any atom is -0.504 e. The van der Waals surface area contributed by atoms with E-state index >= 15 is 4.79 Å². The highest BCUT2D eigenvalue weighted by molar-refractivity contribution is 6.56. The third-order valence-corrected chi connectivity index (χ3v) is 15.6. The standard InChI is InChI=1S/C45H73BNO15/c1-24(2)36(47)39(50)54-27(5)30-16-12-11-13-17-32(48)42(7,8)34-21-19-26(4)45(57-34)38-41(52)56-31-23-29(53-28(31)6)15-14-18-33(49)43(9,10)35-22-20-25(3)44(58-35)37(40(51)55-30)59-46(60-38,61-44)62-45/h11-12,24-38,48-49H,13-23,47H2,1-10H3/q-1/p+1/b12-11+/t25-,26-,27-,28-,29-,30+,31+,32+,33-,34+,35+,36-,37+,38+,44+,45-,46?/m1/s1. The molecule has 7 aliphatic heterocycles. The zero-order valence-electron chi connectivity index (χ0n) is 38.6. The van der Waals surface area contributed by atoms with E-state index in [-0.39, 0.29) is 18.4 Å². The Balaban J connectivity index is 1.36. The van der Waals surface area contributed by atoms with Crippen molar-refractivity contribution in [1.29, 1.82) is 0 Å². The maximum atomic E-state index is 15.0. The molecule has 16 nitrogen and oxygen atoms in total. The number of carbonyl (C=O) groups is 3. The van der Waals surface area contributed by atoms with Crippen molar-refractivity contribution >= 4 is 24.9 Å². The third kappa shape index (κ3) is 8.78. The van der Waals surface area contributed by atoms with Gasteiger partial charge in [0.2, 0.25) is 0 Å². The summed E-state index contributed by atoms with van der Waals surface area (Å²) in [7, 11) is 0. The lowest BCUT2D eigenvalue weighted by Crippen LogP contribution is -2.68. The molecular weight excluding hydrogens is 805 g/mol. The maximum Gasteiger partial charge on any atom is 0.536 e. The summed E-state index contributed by atoms with van der Waals surface area (Å²) in [5.41, 5.74) is 2.31. The quantitative estimate of drug-likeness (QED) is 0.157. The van der Waals surface area contributed by atoms with E-state index < -0.39 is 126 Å². The Morgan fingerprint density at radius 1 is 0.790 bits per heavy atom. The number of fused-ring (bicyclic) bond motifs is 6. The summed E-state index contributed by atoms with van der Waals surface area (Å²) in [5.74, 6) is -7.04. The van der Waals surface area contributed by atoms with E-state index in [2.05, 4.69) is 5.73 Å². The fourth-order valence-electron chi connectivity index (χ4n) is 10.6. The number of carbonyl (C=O) groups excluding carboxylic acids is 3. The Kier molecular flexibility index (Phi) is 13.8. The van der Waals surface area contributed by atoms with E-state index in [4.69, 9.17) is 47.0 Å². The molecule has 0 aromatic rings. The largest absolute Gasteiger partial charge is 0.536 e. The van der Waals surface area contributed by atoms with Crippen LogP contribution in [0.3, 0.4) is 0 Å². The topological polar surface area (TPSA) is 212 Å². The molecule has 1 unspecified atom stereocenters. The van der Waals surface area contributed by atoms with Crippen LogP contribution in [0, 0.1) is 28.6 Å². The van der Waals surface area contributed by atoms with Crippen LogP contribution in [0.15, 0.2) is 12.2 Å². The Morgan fingerprint density at radius 2 is 1.34 bits per heavy atom. The minimum absolute atomic E-state index is 0.0893. The summed E-state index contributed by atoms with van der Waals surface area (Å²) < 4.78 is 66.1. The molecule has 0 amide bonds. The average Bonchev–Trinajstić information content (AvgIpc) is 3.84. The van der Waals surface area contributed by atoms with Crippen molar-refractivity contribution in [2.45, 2.75) is 225 Å². The molecule has 0 radical (unpaired) electrons. The number of hydrogen-bond donors (Lipinski definition) is 3. The van der Waals surface area contributed by atoms with Gasteiger partial charge >= 0.3 is 24.9 Å². The fourth-order valence-corrected chi connectivity index (χ4v) is 10.6. The van der Waals surface area contributed by atoms with Gasteiger partial charge in [-0.05, 0) is 71.6 Å². The number of esters is 3. The number of allylic oxidation sites excluding steroid dienone is 1. The van der Waals surface area contributed by atoms with Gasteiger partial charge in [0, 0.05) is 41.4 Å². The highest BCUT2D eigenvalue weighted by Crippen LogP contribution is 2.57. The first-order chi connectivity index (χ1) is 29.0. The predicted octanol–water partition coefficient (Wildman–Crippen LogP) is 4.17. The van der Waals surface area contributed by atoms with Crippen molar-refractivity contribution in [3.05, 3.63) is 12.2 Å². The number of aliphatic hydroxyl groups excluding tert-OH is 2. The maximum absolute atomic E-state index is 15.0. The zero-order valence-corrected chi connectivity index (χ0v) is 38.6. The Morgan fingerprint density at radius 3 is 1.90 bits per heavy atom. The van der Waals surface area contributed by atoms with Crippen LogP contribution in [0.1, 0.15) is 140 Å². The molecule has 7 heterocycles. The molecule has 6 fully saturated rings. The summed E-state index contributed by atoms with van der Waals surface area (Å²) in [5, 5.41) is 23.6. The van der Waals surface area contributed by atoms with Crippen LogP contribution in [0.4, 0.5) is 0 Å². The molecule has 17 heteroatoms. The molecule has 7 aliphatic rings. The number of aliphatic hydroxyl groups is 2. The van der Waals surface area contributed by atoms with Crippen LogP contribution in [0.25, 0.3) is 0 Å². The van der Waals surface area contributed by atoms with Gasteiger partial charge in [-0.15, -0.1) is 0 Å². The molecule has 352 valence electrons. The van der Waals surface area contributed by atoms with Crippen molar-refractivity contribution < 1.29 is 77.4 Å². The summed E-state index contributed by atoms with van der Waals surface area (Å²) >= 11 is 0. The Bertz CT molecular complexity index is 1680. The molecule has 7 rings (SSSR count). The lowest BCUT2D eigenvalue weighted by Gasteiger charge is -2.52. The lowest BCUT2D eigenvalue weighted by atomic mass is 9.73. The number of rotatable bonds is 4. The van der Waals surface area contributed by atoms with Gasteiger partial charge in [-0.3, -0.25) is 0 Å². The number of cyclic esters (lactones) is 1. The van der Waals surface area contributed by atoms with Crippen LogP contribution in [-0.4, -0.2) is 120 Å². The number of quaternary nitrogens is 1. The zero-order chi connectivity index (χ0) is 45.2. The molecule has 0 aromatic heterocycles. The summed E-state index contributed by atoms with van der Waals surface area (Å²) in [6.45, 7) is 15.3. The van der Waals surface area contributed by atoms with Gasteiger partial charge in [0.25, 0.3) is 0 Å². The van der Waals surface area contributed by atoms with E-state index in [0.717, 1.165) is 0 Å². The van der Waals surface area contributed by atoms with Crippen LogP contribution < -0.4 is 5.73 Å². The highest BCUT2D eigenvalue weighted by atomic mass is 17.0. The second-order valence-corrected chi connectivity index (χ2v) is 21.0. The molecule has 17 atom stereocenters.